The van der Waals surface area contributed by atoms with Crippen LogP contribution in [0.4, 0.5) is 0 Å². The Morgan fingerprint density at radius 2 is 1.10 bits per heavy atom. The highest BCUT2D eigenvalue weighted by Crippen LogP contribution is 2.12. The molecule has 0 heterocycles. The van der Waals surface area contributed by atoms with E-state index in [0.717, 1.165) is 6.42 Å². The van der Waals surface area contributed by atoms with Gasteiger partial charge in [-0.2, -0.15) is 12.6 Å². The molecule has 0 aromatic carbocycles. The second kappa shape index (κ2) is 17.9. The number of hydrogen-bond donors (Lipinski definition) is 1. The molecule has 2 nitrogen and oxygen atoms in total. The molecule has 0 spiro atoms. The molecule has 0 amide bonds. The average molecular weight is 317 g/mol. The van der Waals surface area contributed by atoms with Gasteiger partial charge in [-0.15, -0.1) is 0 Å². The maximum Gasteiger partial charge on any atom is 0.315 e. The van der Waals surface area contributed by atoms with Gasteiger partial charge in [0.05, 0.1) is 12.4 Å². The molecular weight excluding hydrogens is 280 g/mol. The van der Waals surface area contributed by atoms with E-state index < -0.39 is 0 Å². The smallest absolute Gasteiger partial charge is 0.315 e. The van der Waals surface area contributed by atoms with Gasteiger partial charge in [0, 0.05) is 0 Å². The summed E-state index contributed by atoms with van der Waals surface area (Å²) >= 11 is 3.87. The summed E-state index contributed by atoms with van der Waals surface area (Å²) in [5.74, 6) is -0.00784. The molecule has 0 aromatic rings. The Labute approximate surface area is 137 Å². The van der Waals surface area contributed by atoms with Crippen LogP contribution in [0.1, 0.15) is 96.8 Å². The van der Waals surface area contributed by atoms with Crippen molar-refractivity contribution < 1.29 is 9.53 Å². The van der Waals surface area contributed by atoms with Crippen molar-refractivity contribution in [3.8, 4) is 0 Å². The maximum atomic E-state index is 10.8. The fourth-order valence-electron chi connectivity index (χ4n) is 2.53. The van der Waals surface area contributed by atoms with Gasteiger partial charge in [0.1, 0.15) is 0 Å². The van der Waals surface area contributed by atoms with Gasteiger partial charge in [0.2, 0.25) is 0 Å². The fourth-order valence-corrected chi connectivity index (χ4v) is 2.62. The molecule has 0 atom stereocenters. The van der Waals surface area contributed by atoms with Gasteiger partial charge in [-0.05, 0) is 6.42 Å². The van der Waals surface area contributed by atoms with E-state index in [1.165, 1.54) is 83.5 Å². The van der Waals surface area contributed by atoms with Crippen molar-refractivity contribution in [2.75, 3.05) is 12.4 Å². The normalized spacial score (nSPS) is 10.8. The lowest BCUT2D eigenvalue weighted by atomic mass is 10.0. The molecule has 126 valence electrons. The minimum atomic E-state index is -0.201. The van der Waals surface area contributed by atoms with Crippen LogP contribution in [-0.2, 0) is 9.53 Å². The van der Waals surface area contributed by atoms with Gasteiger partial charge in [-0.25, -0.2) is 0 Å². The maximum absolute atomic E-state index is 10.8. The van der Waals surface area contributed by atoms with E-state index in [1.807, 2.05) is 0 Å². The third-order valence-electron chi connectivity index (χ3n) is 3.89. The summed E-state index contributed by atoms with van der Waals surface area (Å²) in [5, 5.41) is 0. The summed E-state index contributed by atoms with van der Waals surface area (Å²) in [6.45, 7) is 2.84. The molecule has 0 rings (SSSR count). The second-order valence-electron chi connectivity index (χ2n) is 5.97. The van der Waals surface area contributed by atoms with Crippen molar-refractivity contribution in [3.63, 3.8) is 0 Å². The number of ether oxygens (including phenoxy) is 1. The molecule has 21 heavy (non-hydrogen) atoms. The molecule has 0 saturated carbocycles. The number of thiol groups is 1. The summed E-state index contributed by atoms with van der Waals surface area (Å²) in [7, 11) is 0. The van der Waals surface area contributed by atoms with Crippen LogP contribution in [-0.4, -0.2) is 18.3 Å². The third kappa shape index (κ3) is 17.8. The van der Waals surface area contributed by atoms with Crippen LogP contribution in [0.15, 0.2) is 0 Å². The standard InChI is InChI=1S/C18H36O2S/c1-2-3-4-5-6-7-8-9-10-11-12-13-14-15-16-20-18(19)17-21/h21H,2-17H2,1H3. The predicted molar refractivity (Wildman–Crippen MR) is 95.1 cm³/mol. The summed E-state index contributed by atoms with van der Waals surface area (Å²) in [6.07, 6.45) is 18.9. The van der Waals surface area contributed by atoms with E-state index in [-0.39, 0.29) is 11.7 Å². The van der Waals surface area contributed by atoms with Gasteiger partial charge >= 0.3 is 5.97 Å². The lowest BCUT2D eigenvalue weighted by Gasteiger charge is -2.04. The van der Waals surface area contributed by atoms with E-state index in [0.29, 0.717) is 6.61 Å². The first kappa shape index (κ1) is 20.8. The minimum absolute atomic E-state index is 0.193. The van der Waals surface area contributed by atoms with Crippen LogP contribution >= 0.6 is 12.6 Å². The first-order valence-corrected chi connectivity index (χ1v) is 9.71. The lowest BCUT2D eigenvalue weighted by molar-refractivity contribution is -0.140. The highest BCUT2D eigenvalue weighted by molar-refractivity contribution is 7.81. The highest BCUT2D eigenvalue weighted by Gasteiger charge is 1.98. The van der Waals surface area contributed by atoms with E-state index in [2.05, 4.69) is 19.6 Å². The SMILES string of the molecule is CCCCCCCCCCCCCCCCOC(=O)CS. The molecule has 3 heteroatoms. The van der Waals surface area contributed by atoms with Crippen LogP contribution in [0, 0.1) is 0 Å². The zero-order valence-electron chi connectivity index (χ0n) is 14.1. The van der Waals surface area contributed by atoms with Crippen molar-refractivity contribution in [2.45, 2.75) is 96.8 Å². The lowest BCUT2D eigenvalue weighted by Crippen LogP contribution is -2.06. The van der Waals surface area contributed by atoms with Gasteiger partial charge in [-0.1, -0.05) is 90.4 Å². The van der Waals surface area contributed by atoms with Crippen LogP contribution in [0.5, 0.6) is 0 Å². The number of rotatable bonds is 16. The highest BCUT2D eigenvalue weighted by atomic mass is 32.1. The van der Waals surface area contributed by atoms with E-state index >= 15 is 0 Å². The Balaban J connectivity index is 2.98. The molecule has 0 radical (unpaired) electrons. The van der Waals surface area contributed by atoms with Crippen LogP contribution in [0.3, 0.4) is 0 Å². The molecule has 0 aliphatic rings. The molecule has 0 fully saturated rings. The van der Waals surface area contributed by atoms with Gasteiger partial charge in [0.25, 0.3) is 0 Å². The van der Waals surface area contributed by atoms with Crippen molar-refractivity contribution in [3.05, 3.63) is 0 Å². The molecule has 0 N–H and O–H groups in total. The molecule has 0 unspecified atom stereocenters. The topological polar surface area (TPSA) is 26.3 Å². The fraction of sp³-hybridized carbons (Fsp3) is 0.944. The van der Waals surface area contributed by atoms with Crippen LogP contribution in [0.25, 0.3) is 0 Å². The van der Waals surface area contributed by atoms with E-state index in [1.54, 1.807) is 0 Å². The third-order valence-corrected chi connectivity index (χ3v) is 4.15. The van der Waals surface area contributed by atoms with Gasteiger partial charge in [-0.3, -0.25) is 4.79 Å². The average Bonchev–Trinajstić information content (AvgIpc) is 2.50. The van der Waals surface area contributed by atoms with Crippen molar-refractivity contribution in [1.29, 1.82) is 0 Å². The number of carbonyl (C=O) groups excluding carboxylic acids is 1. The zero-order valence-corrected chi connectivity index (χ0v) is 15.0. The predicted octanol–water partition coefficient (Wildman–Crippen LogP) is 5.94. The molecule has 0 aliphatic heterocycles. The quantitative estimate of drug-likeness (QED) is 0.217. The Morgan fingerprint density at radius 3 is 1.48 bits per heavy atom. The summed E-state index contributed by atoms with van der Waals surface area (Å²) in [5.41, 5.74) is 0. The largest absolute Gasteiger partial charge is 0.465 e. The zero-order chi connectivity index (χ0) is 15.6. The van der Waals surface area contributed by atoms with E-state index in [4.69, 9.17) is 4.74 Å². The first-order valence-electron chi connectivity index (χ1n) is 9.07. The van der Waals surface area contributed by atoms with Crippen molar-refractivity contribution >= 4 is 18.6 Å². The number of hydrogen-bond acceptors (Lipinski definition) is 3. The molecule has 0 bridgehead atoms. The second-order valence-corrected chi connectivity index (χ2v) is 6.29. The Morgan fingerprint density at radius 1 is 0.714 bits per heavy atom. The number of unbranched alkanes of at least 4 members (excludes halogenated alkanes) is 13. The van der Waals surface area contributed by atoms with Gasteiger partial charge < -0.3 is 4.74 Å². The van der Waals surface area contributed by atoms with E-state index in [9.17, 15) is 4.79 Å². The molecule has 0 aromatic heterocycles. The Bertz CT molecular complexity index is 219. The molecule has 0 aliphatic carbocycles. The summed E-state index contributed by atoms with van der Waals surface area (Å²) in [6, 6.07) is 0. The van der Waals surface area contributed by atoms with Crippen LogP contribution in [0.2, 0.25) is 0 Å². The Kier molecular flexibility index (Phi) is 17.7. The van der Waals surface area contributed by atoms with Crippen molar-refractivity contribution in [1.82, 2.24) is 0 Å². The number of esters is 1. The first-order chi connectivity index (χ1) is 10.3. The summed E-state index contributed by atoms with van der Waals surface area (Å²) < 4.78 is 4.98. The molecule has 0 saturated heterocycles. The molecular formula is C18H36O2S. The minimum Gasteiger partial charge on any atom is -0.465 e. The van der Waals surface area contributed by atoms with Crippen molar-refractivity contribution in [2.24, 2.45) is 0 Å². The van der Waals surface area contributed by atoms with Gasteiger partial charge in [0.15, 0.2) is 0 Å². The monoisotopic (exact) mass is 316 g/mol. The number of carbonyl (C=O) groups is 1. The van der Waals surface area contributed by atoms with Crippen LogP contribution < -0.4 is 0 Å². The summed E-state index contributed by atoms with van der Waals surface area (Å²) in [4.78, 5) is 10.8. The Hall–Kier alpha value is -0.180.